The van der Waals surface area contributed by atoms with E-state index in [2.05, 4.69) is 12.0 Å². The van der Waals surface area contributed by atoms with Gasteiger partial charge in [0.2, 0.25) is 0 Å². The largest absolute Gasteiger partial charge is 0.376 e. The Balaban J connectivity index is 1.52. The van der Waals surface area contributed by atoms with Crippen LogP contribution in [0.2, 0.25) is 0 Å². The number of carbonyl (C=O) groups excluding carboxylic acids is 1. The van der Waals surface area contributed by atoms with Crippen LogP contribution in [0.1, 0.15) is 27.6 Å². The fraction of sp³-hybridized carbons (Fsp3) is 0.0357. The molecule has 0 unspecified atom stereocenters. The smallest absolute Gasteiger partial charge is 0.195 e. The first kappa shape index (κ1) is 18.9. The Kier molecular flexibility index (Phi) is 4.84. The molecule has 0 bridgehead atoms. The summed E-state index contributed by atoms with van der Waals surface area (Å²) in [6.45, 7) is 0. The normalized spacial score (nSPS) is 11.8. The monoisotopic (exact) mass is 401 g/mol. The Hall–Kier alpha value is -4.13. The van der Waals surface area contributed by atoms with E-state index in [-0.39, 0.29) is 5.78 Å². The number of benzene rings is 4. The lowest BCUT2D eigenvalue weighted by atomic mass is 10.0. The SMILES string of the molecule is O=C(c1ccccc1)c1cn(C#C[C@H](O)c2ccc3ccccc3c2)c2ccccc12. The Morgan fingerprint density at radius 1 is 0.806 bits per heavy atom. The molecule has 4 aromatic carbocycles. The van der Waals surface area contributed by atoms with Gasteiger partial charge in [0.1, 0.15) is 6.10 Å². The van der Waals surface area contributed by atoms with E-state index < -0.39 is 6.10 Å². The zero-order valence-corrected chi connectivity index (χ0v) is 16.7. The first-order valence-corrected chi connectivity index (χ1v) is 10.1. The second-order valence-corrected chi connectivity index (χ2v) is 7.39. The highest BCUT2D eigenvalue weighted by Crippen LogP contribution is 2.24. The standard InChI is InChI=1S/C28H19NO2/c30-27(23-15-14-20-8-4-5-11-22(20)18-23)16-17-29-19-25(24-12-6-7-13-26(24)29)28(31)21-9-2-1-3-10-21/h1-15,18-19,27,30H/t27-/m0/s1. The van der Waals surface area contributed by atoms with Crippen LogP contribution in [0.25, 0.3) is 21.7 Å². The molecule has 0 saturated heterocycles. The highest BCUT2D eigenvalue weighted by atomic mass is 16.3. The van der Waals surface area contributed by atoms with E-state index >= 15 is 0 Å². The molecule has 1 heterocycles. The van der Waals surface area contributed by atoms with Crippen molar-refractivity contribution in [3.63, 3.8) is 0 Å². The molecule has 0 radical (unpaired) electrons. The summed E-state index contributed by atoms with van der Waals surface area (Å²) < 4.78 is 1.72. The molecule has 0 fully saturated rings. The molecular weight excluding hydrogens is 382 g/mol. The highest BCUT2D eigenvalue weighted by molar-refractivity contribution is 6.16. The van der Waals surface area contributed by atoms with Gasteiger partial charge in [-0.15, -0.1) is 0 Å². The van der Waals surface area contributed by atoms with Crippen molar-refractivity contribution in [1.82, 2.24) is 4.57 Å². The van der Waals surface area contributed by atoms with Crippen LogP contribution >= 0.6 is 0 Å². The number of rotatable bonds is 3. The van der Waals surface area contributed by atoms with Gasteiger partial charge in [0.15, 0.2) is 5.78 Å². The van der Waals surface area contributed by atoms with Gasteiger partial charge in [-0.1, -0.05) is 84.9 Å². The molecule has 3 heteroatoms. The van der Waals surface area contributed by atoms with Crippen molar-refractivity contribution >= 4 is 27.5 Å². The topological polar surface area (TPSA) is 42.2 Å². The number of para-hydroxylation sites is 1. The zero-order chi connectivity index (χ0) is 21.2. The summed E-state index contributed by atoms with van der Waals surface area (Å²) in [7, 11) is 0. The van der Waals surface area contributed by atoms with Crippen molar-refractivity contribution in [3.8, 4) is 12.0 Å². The fourth-order valence-electron chi connectivity index (χ4n) is 3.79. The molecule has 0 aliphatic carbocycles. The minimum Gasteiger partial charge on any atom is -0.376 e. The minimum atomic E-state index is -0.931. The summed E-state index contributed by atoms with van der Waals surface area (Å²) in [6, 6.07) is 33.7. The first-order chi connectivity index (χ1) is 15.2. The van der Waals surface area contributed by atoms with Gasteiger partial charge >= 0.3 is 0 Å². The van der Waals surface area contributed by atoms with E-state index in [0.717, 1.165) is 27.2 Å². The number of carbonyl (C=O) groups is 1. The number of nitrogens with zero attached hydrogens (tertiary/aromatic N) is 1. The number of ketones is 1. The van der Waals surface area contributed by atoms with Gasteiger partial charge < -0.3 is 5.11 Å². The summed E-state index contributed by atoms with van der Waals surface area (Å²) in [5.74, 6) is 2.87. The number of hydrogen-bond donors (Lipinski definition) is 1. The second-order valence-electron chi connectivity index (χ2n) is 7.39. The van der Waals surface area contributed by atoms with Crippen LogP contribution in [0.5, 0.6) is 0 Å². The number of aromatic nitrogens is 1. The van der Waals surface area contributed by atoms with Gasteiger partial charge in [0.25, 0.3) is 0 Å². The summed E-state index contributed by atoms with van der Waals surface area (Å²) in [4.78, 5) is 13.0. The van der Waals surface area contributed by atoms with Gasteiger partial charge in [0.05, 0.1) is 5.52 Å². The Labute approximate surface area is 180 Å². The zero-order valence-electron chi connectivity index (χ0n) is 16.7. The van der Waals surface area contributed by atoms with Gasteiger partial charge in [-0.2, -0.15) is 0 Å². The molecule has 3 nitrogen and oxygen atoms in total. The van der Waals surface area contributed by atoms with Crippen LogP contribution in [0, 0.1) is 12.0 Å². The van der Waals surface area contributed by atoms with Crippen LogP contribution in [0.3, 0.4) is 0 Å². The molecule has 0 aliphatic heterocycles. The van der Waals surface area contributed by atoms with E-state index in [1.165, 1.54) is 0 Å². The molecule has 31 heavy (non-hydrogen) atoms. The molecule has 5 rings (SSSR count). The number of aliphatic hydroxyl groups is 1. The third-order valence-corrected chi connectivity index (χ3v) is 5.40. The number of fused-ring (bicyclic) bond motifs is 2. The molecule has 1 aromatic heterocycles. The third kappa shape index (κ3) is 3.61. The Morgan fingerprint density at radius 3 is 2.35 bits per heavy atom. The van der Waals surface area contributed by atoms with Crippen LogP contribution in [0.15, 0.2) is 103 Å². The summed E-state index contributed by atoms with van der Waals surface area (Å²) >= 11 is 0. The van der Waals surface area contributed by atoms with Crippen molar-refractivity contribution in [1.29, 1.82) is 0 Å². The molecule has 0 amide bonds. The minimum absolute atomic E-state index is 0.0487. The van der Waals surface area contributed by atoms with Crippen molar-refractivity contribution in [2.24, 2.45) is 0 Å². The molecule has 1 N–H and O–H groups in total. The van der Waals surface area contributed by atoms with Gasteiger partial charge in [-0.3, -0.25) is 9.36 Å². The molecule has 5 aromatic rings. The lowest BCUT2D eigenvalue weighted by Gasteiger charge is -2.05. The summed E-state index contributed by atoms with van der Waals surface area (Å²) in [5.41, 5.74) is 2.80. The van der Waals surface area contributed by atoms with E-state index in [0.29, 0.717) is 11.1 Å². The summed E-state index contributed by atoms with van der Waals surface area (Å²) in [6.07, 6.45) is 0.819. The molecule has 0 aliphatic rings. The van der Waals surface area contributed by atoms with E-state index in [1.807, 2.05) is 97.1 Å². The highest BCUT2D eigenvalue weighted by Gasteiger charge is 2.16. The average molecular weight is 401 g/mol. The molecule has 148 valence electrons. The predicted molar refractivity (Wildman–Crippen MR) is 124 cm³/mol. The van der Waals surface area contributed by atoms with Gasteiger partial charge in [0, 0.05) is 28.8 Å². The summed E-state index contributed by atoms with van der Waals surface area (Å²) in [5, 5.41) is 13.7. The molecule has 0 saturated carbocycles. The fourth-order valence-corrected chi connectivity index (χ4v) is 3.79. The van der Waals surface area contributed by atoms with Crippen molar-refractivity contribution in [2.45, 2.75) is 6.10 Å². The van der Waals surface area contributed by atoms with Crippen LogP contribution in [-0.2, 0) is 0 Å². The molecule has 1 atom stereocenters. The Bertz CT molecular complexity index is 1470. The molecular formula is C28H19NO2. The second kappa shape index (κ2) is 7.95. The van der Waals surface area contributed by atoms with Crippen molar-refractivity contribution < 1.29 is 9.90 Å². The van der Waals surface area contributed by atoms with Crippen LogP contribution in [-0.4, -0.2) is 15.5 Å². The average Bonchev–Trinajstić information content (AvgIpc) is 3.21. The lowest BCUT2D eigenvalue weighted by molar-refractivity contribution is 0.104. The third-order valence-electron chi connectivity index (χ3n) is 5.40. The quantitative estimate of drug-likeness (QED) is 0.317. The van der Waals surface area contributed by atoms with Crippen molar-refractivity contribution in [2.75, 3.05) is 0 Å². The Morgan fingerprint density at radius 2 is 1.52 bits per heavy atom. The maximum Gasteiger partial charge on any atom is 0.195 e. The number of hydrogen-bond acceptors (Lipinski definition) is 2. The van der Waals surface area contributed by atoms with E-state index in [4.69, 9.17) is 0 Å². The predicted octanol–water partition coefficient (Wildman–Crippen LogP) is 5.57. The van der Waals surface area contributed by atoms with Crippen LogP contribution < -0.4 is 0 Å². The van der Waals surface area contributed by atoms with E-state index in [9.17, 15) is 9.90 Å². The number of aliphatic hydroxyl groups excluding tert-OH is 1. The lowest BCUT2D eigenvalue weighted by Crippen LogP contribution is -2.00. The van der Waals surface area contributed by atoms with Crippen LogP contribution in [0.4, 0.5) is 0 Å². The maximum atomic E-state index is 13.0. The van der Waals surface area contributed by atoms with Crippen molar-refractivity contribution in [3.05, 3.63) is 120 Å². The van der Waals surface area contributed by atoms with E-state index in [1.54, 1.807) is 10.8 Å². The first-order valence-electron chi connectivity index (χ1n) is 10.1. The maximum absolute atomic E-state index is 13.0. The van der Waals surface area contributed by atoms with Gasteiger partial charge in [-0.05, 0) is 34.4 Å². The molecule has 0 spiro atoms. The van der Waals surface area contributed by atoms with Gasteiger partial charge in [-0.25, -0.2) is 0 Å².